The number of para-hydroxylation sites is 2. The minimum Gasteiger partial charge on any atom is -0.441 e. The first kappa shape index (κ1) is 7.98. The second-order valence-electron chi connectivity index (χ2n) is 2.78. The molecule has 0 amide bonds. The van der Waals surface area contributed by atoms with Crippen molar-refractivity contribution in [2.45, 2.75) is 12.8 Å². The number of aldehydes is 1. The predicted octanol–water partition coefficient (Wildman–Crippen LogP) is 1.96. The molecule has 0 fully saturated rings. The van der Waals surface area contributed by atoms with E-state index < -0.39 is 0 Å². The molecular weight excluding hydrogens is 166 g/mol. The zero-order valence-electron chi connectivity index (χ0n) is 7.06. The number of oxazole rings is 1. The molecule has 0 radical (unpaired) electrons. The Kier molecular flexibility index (Phi) is 2.08. The van der Waals surface area contributed by atoms with Gasteiger partial charge in [0, 0.05) is 12.8 Å². The fourth-order valence-corrected chi connectivity index (χ4v) is 1.21. The molecule has 0 aliphatic carbocycles. The molecule has 1 heterocycles. The Bertz CT molecular complexity index is 387. The molecule has 0 aliphatic heterocycles. The van der Waals surface area contributed by atoms with Crippen LogP contribution in [0.3, 0.4) is 0 Å². The van der Waals surface area contributed by atoms with Gasteiger partial charge in [-0.2, -0.15) is 0 Å². The third-order valence-electron chi connectivity index (χ3n) is 1.81. The van der Waals surface area contributed by atoms with Crippen LogP contribution in [0.2, 0.25) is 0 Å². The summed E-state index contributed by atoms with van der Waals surface area (Å²) in [6, 6.07) is 7.57. The van der Waals surface area contributed by atoms with E-state index in [1.165, 1.54) is 0 Å². The Morgan fingerprint density at radius 1 is 1.38 bits per heavy atom. The second-order valence-corrected chi connectivity index (χ2v) is 2.78. The average molecular weight is 175 g/mol. The van der Waals surface area contributed by atoms with Gasteiger partial charge < -0.3 is 9.21 Å². The van der Waals surface area contributed by atoms with Gasteiger partial charge in [0.1, 0.15) is 11.8 Å². The van der Waals surface area contributed by atoms with Crippen LogP contribution >= 0.6 is 0 Å². The third kappa shape index (κ3) is 1.59. The van der Waals surface area contributed by atoms with E-state index in [-0.39, 0.29) is 0 Å². The summed E-state index contributed by atoms with van der Waals surface area (Å²) < 4.78 is 5.40. The number of aryl methyl sites for hydroxylation is 1. The van der Waals surface area contributed by atoms with E-state index in [9.17, 15) is 4.79 Å². The maximum Gasteiger partial charge on any atom is 0.195 e. The molecule has 1 aromatic carbocycles. The summed E-state index contributed by atoms with van der Waals surface area (Å²) in [4.78, 5) is 14.3. The van der Waals surface area contributed by atoms with Gasteiger partial charge in [-0.15, -0.1) is 0 Å². The Labute approximate surface area is 75.4 Å². The first-order valence-corrected chi connectivity index (χ1v) is 4.18. The lowest BCUT2D eigenvalue weighted by Gasteiger charge is -1.84. The van der Waals surface area contributed by atoms with Gasteiger partial charge in [0.2, 0.25) is 0 Å². The van der Waals surface area contributed by atoms with Crippen molar-refractivity contribution in [1.29, 1.82) is 0 Å². The molecule has 0 saturated heterocycles. The minimum atomic E-state index is 0.465. The molecule has 0 bridgehead atoms. The number of carbonyl (C=O) groups excluding carboxylic acids is 1. The van der Waals surface area contributed by atoms with Gasteiger partial charge in [0.15, 0.2) is 11.5 Å². The standard InChI is InChI=1S/C10H9NO2/c12-7-3-6-10-11-8-4-1-2-5-9(8)13-10/h1-2,4-5,7H,3,6H2. The fraction of sp³-hybridized carbons (Fsp3) is 0.200. The first-order chi connectivity index (χ1) is 6.40. The number of fused-ring (bicyclic) bond motifs is 1. The molecule has 0 N–H and O–H groups in total. The van der Waals surface area contributed by atoms with Gasteiger partial charge in [0.05, 0.1) is 0 Å². The van der Waals surface area contributed by atoms with Crippen LogP contribution in [0.5, 0.6) is 0 Å². The zero-order chi connectivity index (χ0) is 9.10. The first-order valence-electron chi connectivity index (χ1n) is 4.18. The van der Waals surface area contributed by atoms with Gasteiger partial charge in [-0.25, -0.2) is 4.98 Å². The van der Waals surface area contributed by atoms with Crippen molar-refractivity contribution in [3.63, 3.8) is 0 Å². The Balaban J connectivity index is 2.32. The van der Waals surface area contributed by atoms with Crippen molar-refractivity contribution in [3.8, 4) is 0 Å². The van der Waals surface area contributed by atoms with E-state index in [4.69, 9.17) is 4.42 Å². The van der Waals surface area contributed by atoms with Crippen LogP contribution in [-0.2, 0) is 11.2 Å². The average Bonchev–Trinajstić information content (AvgIpc) is 2.57. The lowest BCUT2D eigenvalue weighted by molar-refractivity contribution is -0.107. The number of nitrogens with zero attached hydrogens (tertiary/aromatic N) is 1. The quantitative estimate of drug-likeness (QED) is 0.669. The maximum absolute atomic E-state index is 10.1. The van der Waals surface area contributed by atoms with Crippen molar-refractivity contribution in [2.24, 2.45) is 0 Å². The van der Waals surface area contributed by atoms with E-state index in [0.29, 0.717) is 18.7 Å². The summed E-state index contributed by atoms with van der Waals surface area (Å²) in [5.41, 5.74) is 1.63. The molecule has 13 heavy (non-hydrogen) atoms. The van der Waals surface area contributed by atoms with Gasteiger partial charge in [-0.3, -0.25) is 0 Å². The number of hydrogen-bond donors (Lipinski definition) is 0. The van der Waals surface area contributed by atoms with Crippen LogP contribution in [0.4, 0.5) is 0 Å². The largest absolute Gasteiger partial charge is 0.441 e. The van der Waals surface area contributed by atoms with E-state index >= 15 is 0 Å². The highest BCUT2D eigenvalue weighted by Crippen LogP contribution is 2.15. The van der Waals surface area contributed by atoms with E-state index in [1.807, 2.05) is 24.3 Å². The van der Waals surface area contributed by atoms with E-state index in [0.717, 1.165) is 17.4 Å². The fourth-order valence-electron chi connectivity index (χ4n) is 1.21. The van der Waals surface area contributed by atoms with Crippen molar-refractivity contribution in [3.05, 3.63) is 30.2 Å². The predicted molar refractivity (Wildman–Crippen MR) is 48.4 cm³/mol. The summed E-state index contributed by atoms with van der Waals surface area (Å²) in [5.74, 6) is 0.633. The Morgan fingerprint density at radius 2 is 2.23 bits per heavy atom. The lowest BCUT2D eigenvalue weighted by Crippen LogP contribution is -1.84. The molecule has 1 aromatic heterocycles. The molecule has 0 unspecified atom stereocenters. The van der Waals surface area contributed by atoms with Crippen molar-refractivity contribution < 1.29 is 9.21 Å². The summed E-state index contributed by atoms with van der Waals surface area (Å²) in [5, 5.41) is 0. The maximum atomic E-state index is 10.1. The van der Waals surface area contributed by atoms with Crippen LogP contribution in [0, 0.1) is 0 Å². The summed E-state index contributed by atoms with van der Waals surface area (Å²) in [6.45, 7) is 0. The Morgan fingerprint density at radius 3 is 3.00 bits per heavy atom. The van der Waals surface area contributed by atoms with Crippen LogP contribution in [0.1, 0.15) is 12.3 Å². The van der Waals surface area contributed by atoms with Crippen molar-refractivity contribution >= 4 is 17.4 Å². The summed E-state index contributed by atoms with van der Waals surface area (Å²) in [7, 11) is 0. The highest BCUT2D eigenvalue weighted by Gasteiger charge is 2.03. The molecule has 3 heteroatoms. The highest BCUT2D eigenvalue weighted by atomic mass is 16.3. The van der Waals surface area contributed by atoms with E-state index in [1.54, 1.807) is 0 Å². The SMILES string of the molecule is O=CCCc1nc2ccccc2o1. The smallest absolute Gasteiger partial charge is 0.195 e. The lowest BCUT2D eigenvalue weighted by atomic mass is 10.3. The van der Waals surface area contributed by atoms with Crippen molar-refractivity contribution in [1.82, 2.24) is 4.98 Å². The van der Waals surface area contributed by atoms with Crippen LogP contribution in [0.25, 0.3) is 11.1 Å². The number of rotatable bonds is 3. The molecule has 66 valence electrons. The van der Waals surface area contributed by atoms with Gasteiger partial charge in [-0.05, 0) is 12.1 Å². The number of aromatic nitrogens is 1. The highest BCUT2D eigenvalue weighted by molar-refractivity contribution is 5.72. The Hall–Kier alpha value is -1.64. The topological polar surface area (TPSA) is 43.1 Å². The third-order valence-corrected chi connectivity index (χ3v) is 1.81. The molecule has 2 rings (SSSR count). The van der Waals surface area contributed by atoms with Crippen LogP contribution in [0.15, 0.2) is 28.7 Å². The van der Waals surface area contributed by atoms with Gasteiger partial charge in [-0.1, -0.05) is 12.1 Å². The zero-order valence-corrected chi connectivity index (χ0v) is 7.06. The molecule has 3 nitrogen and oxygen atoms in total. The normalized spacial score (nSPS) is 10.5. The van der Waals surface area contributed by atoms with E-state index in [2.05, 4.69) is 4.98 Å². The molecule has 2 aromatic rings. The molecule has 0 aliphatic rings. The number of hydrogen-bond acceptors (Lipinski definition) is 3. The van der Waals surface area contributed by atoms with Crippen LogP contribution in [-0.4, -0.2) is 11.3 Å². The molecule has 0 atom stereocenters. The van der Waals surface area contributed by atoms with Gasteiger partial charge >= 0.3 is 0 Å². The summed E-state index contributed by atoms with van der Waals surface area (Å²) >= 11 is 0. The number of benzene rings is 1. The monoisotopic (exact) mass is 175 g/mol. The second kappa shape index (κ2) is 3.39. The minimum absolute atomic E-state index is 0.465. The summed E-state index contributed by atoms with van der Waals surface area (Å²) in [6.07, 6.45) is 1.92. The molecule has 0 spiro atoms. The van der Waals surface area contributed by atoms with Crippen molar-refractivity contribution in [2.75, 3.05) is 0 Å². The van der Waals surface area contributed by atoms with Crippen LogP contribution < -0.4 is 0 Å². The molecule has 0 saturated carbocycles. The van der Waals surface area contributed by atoms with Gasteiger partial charge in [0.25, 0.3) is 0 Å². The molecular formula is C10H9NO2. The number of carbonyl (C=O) groups is 1.